The Morgan fingerprint density at radius 2 is 1.13 bits per heavy atom. The van der Waals surface area contributed by atoms with Crippen LogP contribution in [0.25, 0.3) is 22.3 Å². The monoisotopic (exact) mass is 414 g/mol. The van der Waals surface area contributed by atoms with Crippen molar-refractivity contribution in [3.63, 3.8) is 0 Å². The molecule has 1 N–H and O–H groups in total. The Kier molecular flexibility index (Phi) is 5.54. The van der Waals surface area contributed by atoms with E-state index in [4.69, 9.17) is 0 Å². The Balaban J connectivity index is 1.71. The summed E-state index contributed by atoms with van der Waals surface area (Å²) in [6.07, 6.45) is 3.51. The van der Waals surface area contributed by atoms with E-state index in [9.17, 15) is 22.7 Å². The molecule has 1 nitrogen and oxygen atoms in total. The summed E-state index contributed by atoms with van der Waals surface area (Å²) in [5.41, 5.74) is 0.0309. The molecule has 0 amide bonds. The number of rotatable bonds is 3. The number of benzene rings is 3. The predicted octanol–water partition coefficient (Wildman–Crippen LogP) is 7.58. The van der Waals surface area contributed by atoms with Gasteiger partial charge in [0.05, 0.1) is 0 Å². The van der Waals surface area contributed by atoms with E-state index in [1.165, 1.54) is 48.5 Å². The summed E-state index contributed by atoms with van der Waals surface area (Å²) in [5.74, 6) is -3.99. The van der Waals surface area contributed by atoms with Gasteiger partial charge in [-0.1, -0.05) is 56.2 Å². The third-order valence-electron chi connectivity index (χ3n) is 6.12. The number of phenolic OH excluding ortho intramolecular Hbond substituents is 1. The Bertz CT molecular complexity index is 1070. The molecule has 0 bridgehead atoms. The molecule has 1 aliphatic carbocycles. The normalized spacial score (nSPS) is 19.1. The van der Waals surface area contributed by atoms with Crippen LogP contribution in [0.3, 0.4) is 0 Å². The Morgan fingerprint density at radius 1 is 0.633 bits per heavy atom. The molecule has 4 rings (SSSR count). The molecule has 156 valence electrons. The van der Waals surface area contributed by atoms with Crippen molar-refractivity contribution in [2.24, 2.45) is 5.92 Å². The zero-order valence-electron chi connectivity index (χ0n) is 16.6. The van der Waals surface area contributed by atoms with E-state index in [0.717, 1.165) is 25.7 Å². The highest BCUT2D eigenvalue weighted by Crippen LogP contribution is 2.40. The average Bonchev–Trinajstić information content (AvgIpc) is 2.74. The highest BCUT2D eigenvalue weighted by molar-refractivity contribution is 5.72. The van der Waals surface area contributed by atoms with Crippen molar-refractivity contribution < 1.29 is 22.7 Å². The molecule has 1 saturated carbocycles. The topological polar surface area (TPSA) is 20.2 Å². The van der Waals surface area contributed by atoms with E-state index in [2.05, 4.69) is 6.92 Å². The second-order valence-electron chi connectivity index (χ2n) is 8.12. The van der Waals surface area contributed by atoms with Gasteiger partial charge in [-0.05, 0) is 47.9 Å². The lowest BCUT2D eigenvalue weighted by Crippen LogP contribution is -2.13. The van der Waals surface area contributed by atoms with Gasteiger partial charge in [-0.2, -0.15) is 0 Å². The van der Waals surface area contributed by atoms with E-state index in [1.54, 1.807) is 0 Å². The SMILES string of the molecule is CC1CCC(c2ccc(-c3ccc(-c4ccc(O)cc4)c(F)c3F)c(F)c2F)CC1. The molecule has 0 heterocycles. The zero-order chi connectivity index (χ0) is 21.4. The number of hydrogen-bond acceptors (Lipinski definition) is 1. The highest BCUT2D eigenvalue weighted by Gasteiger charge is 2.26. The summed E-state index contributed by atoms with van der Waals surface area (Å²) >= 11 is 0. The molecule has 1 fully saturated rings. The maximum absolute atomic E-state index is 14.9. The summed E-state index contributed by atoms with van der Waals surface area (Å²) in [6.45, 7) is 2.15. The molecule has 1 aliphatic rings. The lowest BCUT2D eigenvalue weighted by Gasteiger charge is -2.27. The second kappa shape index (κ2) is 8.13. The maximum atomic E-state index is 14.9. The minimum Gasteiger partial charge on any atom is -0.508 e. The van der Waals surface area contributed by atoms with Crippen molar-refractivity contribution in [2.75, 3.05) is 0 Å². The van der Waals surface area contributed by atoms with Crippen LogP contribution in [0.1, 0.15) is 44.1 Å². The van der Waals surface area contributed by atoms with Crippen LogP contribution in [0.5, 0.6) is 5.75 Å². The van der Waals surface area contributed by atoms with Crippen molar-refractivity contribution in [2.45, 2.75) is 38.5 Å². The van der Waals surface area contributed by atoms with Crippen molar-refractivity contribution >= 4 is 0 Å². The zero-order valence-corrected chi connectivity index (χ0v) is 16.6. The van der Waals surface area contributed by atoms with E-state index >= 15 is 0 Å². The van der Waals surface area contributed by atoms with Gasteiger partial charge in [-0.3, -0.25) is 0 Å². The van der Waals surface area contributed by atoms with Crippen LogP contribution in [-0.2, 0) is 0 Å². The van der Waals surface area contributed by atoms with Gasteiger partial charge in [-0.15, -0.1) is 0 Å². The summed E-state index contributed by atoms with van der Waals surface area (Å²) in [6, 6.07) is 11.0. The van der Waals surface area contributed by atoms with Gasteiger partial charge in [0.15, 0.2) is 23.3 Å². The fourth-order valence-electron chi connectivity index (χ4n) is 4.28. The van der Waals surface area contributed by atoms with Crippen LogP contribution in [0.2, 0.25) is 0 Å². The number of hydrogen-bond donors (Lipinski definition) is 1. The first-order valence-electron chi connectivity index (χ1n) is 10.1. The minimum atomic E-state index is -1.24. The molecule has 0 radical (unpaired) electrons. The average molecular weight is 414 g/mol. The summed E-state index contributed by atoms with van der Waals surface area (Å²) < 4.78 is 59.2. The van der Waals surface area contributed by atoms with E-state index in [1.807, 2.05) is 0 Å². The minimum absolute atomic E-state index is 0.00121. The van der Waals surface area contributed by atoms with Crippen molar-refractivity contribution in [1.29, 1.82) is 0 Å². The molecule has 0 unspecified atom stereocenters. The Morgan fingerprint density at radius 3 is 1.77 bits per heavy atom. The molecule has 0 saturated heterocycles. The van der Waals surface area contributed by atoms with Gasteiger partial charge in [-0.25, -0.2) is 17.6 Å². The largest absolute Gasteiger partial charge is 0.508 e. The van der Waals surface area contributed by atoms with Gasteiger partial charge < -0.3 is 5.11 Å². The molecule has 3 aromatic rings. The predicted molar refractivity (Wildman–Crippen MR) is 109 cm³/mol. The standard InChI is InChI=1S/C25H22F4O/c1-14-2-4-15(5-3-14)18-10-12-20(24(28)22(18)26)21-13-11-19(23(27)25(21)29)16-6-8-17(30)9-7-16/h6-15,30H,2-5H2,1H3. The van der Waals surface area contributed by atoms with Crippen LogP contribution in [0.4, 0.5) is 17.6 Å². The van der Waals surface area contributed by atoms with Crippen LogP contribution in [0.15, 0.2) is 48.5 Å². The number of phenols is 1. The van der Waals surface area contributed by atoms with Gasteiger partial charge in [0.25, 0.3) is 0 Å². The first-order chi connectivity index (χ1) is 14.4. The first-order valence-corrected chi connectivity index (χ1v) is 10.1. The van der Waals surface area contributed by atoms with Crippen LogP contribution in [-0.4, -0.2) is 5.11 Å². The molecule has 0 aliphatic heterocycles. The molecule has 0 aromatic heterocycles. The molecule has 5 heteroatoms. The van der Waals surface area contributed by atoms with Crippen molar-refractivity contribution in [3.05, 3.63) is 77.4 Å². The number of aromatic hydroxyl groups is 1. The smallest absolute Gasteiger partial charge is 0.167 e. The van der Waals surface area contributed by atoms with Crippen LogP contribution >= 0.6 is 0 Å². The molecule has 30 heavy (non-hydrogen) atoms. The maximum Gasteiger partial charge on any atom is 0.167 e. The Labute approximate surface area is 173 Å². The Hall–Kier alpha value is -2.82. The molecule has 0 spiro atoms. The van der Waals surface area contributed by atoms with Gasteiger partial charge in [0.2, 0.25) is 0 Å². The van der Waals surface area contributed by atoms with Gasteiger partial charge in [0.1, 0.15) is 5.75 Å². The fourth-order valence-corrected chi connectivity index (χ4v) is 4.28. The van der Waals surface area contributed by atoms with E-state index in [0.29, 0.717) is 17.0 Å². The summed E-state index contributed by atoms with van der Waals surface area (Å²) in [7, 11) is 0. The third-order valence-corrected chi connectivity index (χ3v) is 6.12. The lowest BCUT2D eigenvalue weighted by molar-refractivity contribution is 0.339. The second-order valence-corrected chi connectivity index (χ2v) is 8.12. The van der Waals surface area contributed by atoms with Gasteiger partial charge in [0, 0.05) is 16.7 Å². The first kappa shape index (κ1) is 20.5. The van der Waals surface area contributed by atoms with Gasteiger partial charge >= 0.3 is 0 Å². The van der Waals surface area contributed by atoms with Crippen LogP contribution < -0.4 is 0 Å². The third kappa shape index (κ3) is 3.69. The molecular weight excluding hydrogens is 392 g/mol. The van der Waals surface area contributed by atoms with Crippen molar-refractivity contribution in [1.82, 2.24) is 0 Å². The lowest BCUT2D eigenvalue weighted by atomic mass is 9.79. The number of halogens is 4. The summed E-state index contributed by atoms with van der Waals surface area (Å²) in [4.78, 5) is 0. The quantitative estimate of drug-likeness (QED) is 0.438. The molecule has 3 aromatic carbocycles. The summed E-state index contributed by atoms with van der Waals surface area (Å²) in [5, 5.41) is 9.36. The highest BCUT2D eigenvalue weighted by atomic mass is 19.2. The van der Waals surface area contributed by atoms with E-state index in [-0.39, 0.29) is 28.4 Å². The van der Waals surface area contributed by atoms with Crippen molar-refractivity contribution in [3.8, 4) is 28.0 Å². The fraction of sp³-hybridized carbons (Fsp3) is 0.280. The van der Waals surface area contributed by atoms with E-state index < -0.39 is 23.3 Å². The van der Waals surface area contributed by atoms with Crippen LogP contribution in [0, 0.1) is 29.2 Å². The molecular formula is C25H22F4O. The molecule has 0 atom stereocenters.